The van der Waals surface area contributed by atoms with Crippen LogP contribution in [0.5, 0.6) is 0 Å². The quantitative estimate of drug-likeness (QED) is 0.346. The summed E-state index contributed by atoms with van der Waals surface area (Å²) in [4.78, 5) is 20.1. The Balaban J connectivity index is 1.39. The van der Waals surface area contributed by atoms with E-state index in [2.05, 4.69) is 34.1 Å². The summed E-state index contributed by atoms with van der Waals surface area (Å²) >= 11 is 6.15. The zero-order chi connectivity index (χ0) is 24.4. The largest absolute Gasteiger partial charge is 0.480 e. The minimum Gasteiger partial charge on any atom is -0.480 e. The first kappa shape index (κ1) is 23.6. The number of benzene rings is 3. The van der Waals surface area contributed by atoms with Gasteiger partial charge in [-0.25, -0.2) is 0 Å². The highest BCUT2D eigenvalue weighted by atomic mass is 35.5. The molecule has 5 rings (SSSR count). The van der Waals surface area contributed by atoms with Crippen molar-refractivity contribution >= 4 is 28.5 Å². The number of carbonyl (C=O) groups is 1. The molecule has 6 nitrogen and oxygen atoms in total. The van der Waals surface area contributed by atoms with E-state index in [9.17, 15) is 15.0 Å². The number of piperazine rings is 1. The maximum atomic E-state index is 12.4. The van der Waals surface area contributed by atoms with Crippen LogP contribution >= 0.6 is 11.6 Å². The third-order valence-electron chi connectivity index (χ3n) is 6.87. The molecule has 0 amide bonds. The van der Waals surface area contributed by atoms with Crippen molar-refractivity contribution in [3.63, 3.8) is 0 Å². The van der Waals surface area contributed by atoms with Crippen molar-refractivity contribution in [2.45, 2.75) is 18.7 Å². The van der Waals surface area contributed by atoms with Crippen molar-refractivity contribution in [3.8, 4) is 0 Å². The number of carboxylic acid groups (broad SMARTS) is 1. The number of halogens is 1. The van der Waals surface area contributed by atoms with Crippen LogP contribution in [0.1, 0.15) is 34.3 Å². The van der Waals surface area contributed by atoms with Gasteiger partial charge >= 0.3 is 5.97 Å². The number of aliphatic hydroxyl groups excluding tert-OH is 1. The molecule has 0 saturated carbocycles. The van der Waals surface area contributed by atoms with Gasteiger partial charge < -0.3 is 15.2 Å². The number of aliphatic hydroxyl groups is 1. The van der Waals surface area contributed by atoms with Gasteiger partial charge in [-0.2, -0.15) is 0 Å². The third-order valence-corrected chi connectivity index (χ3v) is 7.12. The lowest BCUT2D eigenvalue weighted by molar-refractivity contribution is -0.144. The summed E-state index contributed by atoms with van der Waals surface area (Å²) in [5, 5.41) is 21.2. The van der Waals surface area contributed by atoms with E-state index in [0.29, 0.717) is 18.1 Å². The Morgan fingerprint density at radius 1 is 0.914 bits per heavy atom. The number of nitrogens with one attached hydrogen (secondary N) is 1. The maximum Gasteiger partial charge on any atom is 0.325 e. The topological polar surface area (TPSA) is 79.8 Å². The number of hydrogen-bond donors (Lipinski definition) is 3. The predicted molar refractivity (Wildman–Crippen MR) is 137 cm³/mol. The summed E-state index contributed by atoms with van der Waals surface area (Å²) in [5.41, 5.74) is 4.75. The van der Waals surface area contributed by atoms with Gasteiger partial charge in [0.05, 0.1) is 12.6 Å². The van der Waals surface area contributed by atoms with Crippen LogP contribution in [0.25, 0.3) is 10.9 Å². The first-order valence-electron chi connectivity index (χ1n) is 11.8. The summed E-state index contributed by atoms with van der Waals surface area (Å²) in [7, 11) is 0. The van der Waals surface area contributed by atoms with Crippen molar-refractivity contribution in [2.75, 3.05) is 26.2 Å². The molecular formula is C28H28ClN3O3. The molecule has 3 aromatic carbocycles. The maximum absolute atomic E-state index is 12.4. The Hall–Kier alpha value is -3.16. The number of aromatic nitrogens is 1. The fourth-order valence-electron chi connectivity index (χ4n) is 5.15. The molecule has 1 fully saturated rings. The van der Waals surface area contributed by atoms with Crippen molar-refractivity contribution in [1.82, 2.24) is 14.8 Å². The molecule has 1 aliphatic heterocycles. The van der Waals surface area contributed by atoms with Gasteiger partial charge in [0.15, 0.2) is 0 Å². The average Bonchev–Trinajstić information content (AvgIpc) is 3.29. The van der Waals surface area contributed by atoms with Crippen molar-refractivity contribution in [1.29, 1.82) is 0 Å². The molecule has 0 radical (unpaired) electrons. The van der Waals surface area contributed by atoms with Crippen LogP contribution in [-0.4, -0.2) is 57.1 Å². The lowest BCUT2D eigenvalue weighted by Gasteiger charge is -2.41. The zero-order valence-electron chi connectivity index (χ0n) is 19.3. The summed E-state index contributed by atoms with van der Waals surface area (Å²) in [5.74, 6) is -0.858. The molecule has 1 aliphatic rings. The van der Waals surface area contributed by atoms with Gasteiger partial charge in [0.25, 0.3) is 0 Å². The van der Waals surface area contributed by atoms with Crippen LogP contribution in [0.4, 0.5) is 0 Å². The summed E-state index contributed by atoms with van der Waals surface area (Å²) in [6.45, 7) is 2.70. The Morgan fingerprint density at radius 2 is 1.57 bits per heavy atom. The predicted octanol–water partition coefficient (Wildman–Crippen LogP) is 4.85. The molecule has 0 unspecified atom stereocenters. The van der Waals surface area contributed by atoms with E-state index in [1.54, 1.807) is 6.20 Å². The summed E-state index contributed by atoms with van der Waals surface area (Å²) < 4.78 is 0. The van der Waals surface area contributed by atoms with E-state index in [1.807, 2.05) is 53.4 Å². The molecule has 0 bridgehead atoms. The Kier molecular flexibility index (Phi) is 6.88. The Bertz CT molecular complexity index is 1300. The number of fused-ring (bicyclic) bond motifs is 1. The normalized spacial score (nSPS) is 16.9. The standard InChI is InChI=1S/C28H28ClN3O3/c29-22-9-7-21(8-10-22)26(20-4-2-1-3-5-20)31-12-14-32(15-13-31)27(28(34)35)24-17-30-25-16-19(18-33)6-11-23(24)25/h1-11,16-17,26-27,30,33H,12-15,18H2,(H,34,35)/t26-,27-/m1/s1. The molecule has 4 aromatic rings. The number of rotatable bonds is 7. The SMILES string of the molecule is O=C(O)[C@@H](c1c[nH]c2cc(CO)ccc12)N1CCN([C@H](c2ccccc2)c2ccc(Cl)cc2)CC1. The van der Waals surface area contributed by atoms with Crippen LogP contribution in [0, 0.1) is 0 Å². The minimum atomic E-state index is -0.858. The zero-order valence-corrected chi connectivity index (χ0v) is 20.0. The fraction of sp³-hybridized carbons (Fsp3) is 0.250. The van der Waals surface area contributed by atoms with Crippen LogP contribution in [0.15, 0.2) is 79.0 Å². The molecule has 35 heavy (non-hydrogen) atoms. The highest BCUT2D eigenvalue weighted by Crippen LogP contribution is 2.34. The fourth-order valence-corrected chi connectivity index (χ4v) is 5.28. The lowest BCUT2D eigenvalue weighted by Crippen LogP contribution is -2.50. The molecule has 0 aliphatic carbocycles. The van der Waals surface area contributed by atoms with Gasteiger partial charge in [0.1, 0.15) is 6.04 Å². The molecular weight excluding hydrogens is 462 g/mol. The van der Waals surface area contributed by atoms with E-state index in [4.69, 9.17) is 11.6 Å². The Morgan fingerprint density at radius 3 is 2.23 bits per heavy atom. The van der Waals surface area contributed by atoms with Crippen LogP contribution in [-0.2, 0) is 11.4 Å². The monoisotopic (exact) mass is 489 g/mol. The smallest absolute Gasteiger partial charge is 0.325 e. The highest BCUT2D eigenvalue weighted by Gasteiger charge is 2.34. The van der Waals surface area contributed by atoms with E-state index in [-0.39, 0.29) is 12.6 Å². The van der Waals surface area contributed by atoms with Gasteiger partial charge in [-0.1, -0.05) is 66.2 Å². The van der Waals surface area contributed by atoms with E-state index in [0.717, 1.165) is 35.1 Å². The molecule has 1 aromatic heterocycles. The summed E-state index contributed by atoms with van der Waals surface area (Å²) in [6.07, 6.45) is 1.79. The second kappa shape index (κ2) is 10.2. The van der Waals surface area contributed by atoms with Gasteiger partial charge in [-0.05, 0) is 34.9 Å². The van der Waals surface area contributed by atoms with Gasteiger partial charge in [-0.3, -0.25) is 14.6 Å². The number of nitrogens with zero attached hydrogens (tertiary/aromatic N) is 2. The Labute approximate surface area is 209 Å². The average molecular weight is 490 g/mol. The molecule has 0 spiro atoms. The molecule has 2 atom stereocenters. The van der Waals surface area contributed by atoms with Crippen molar-refractivity contribution in [2.24, 2.45) is 0 Å². The first-order valence-corrected chi connectivity index (χ1v) is 12.1. The molecule has 1 saturated heterocycles. The lowest BCUT2D eigenvalue weighted by atomic mass is 9.96. The van der Waals surface area contributed by atoms with Crippen molar-refractivity contribution < 1.29 is 15.0 Å². The van der Waals surface area contributed by atoms with Gasteiger partial charge in [0.2, 0.25) is 0 Å². The van der Waals surface area contributed by atoms with E-state index >= 15 is 0 Å². The van der Waals surface area contributed by atoms with Crippen LogP contribution in [0.2, 0.25) is 5.02 Å². The number of aromatic amines is 1. The second-order valence-electron chi connectivity index (χ2n) is 8.96. The molecule has 180 valence electrons. The van der Waals surface area contributed by atoms with Gasteiger partial charge in [0, 0.05) is 53.9 Å². The van der Waals surface area contributed by atoms with Gasteiger partial charge in [-0.15, -0.1) is 0 Å². The number of H-pyrrole nitrogens is 1. The molecule has 2 heterocycles. The third kappa shape index (κ3) is 4.83. The first-order chi connectivity index (χ1) is 17.0. The van der Waals surface area contributed by atoms with E-state index < -0.39 is 12.0 Å². The second-order valence-corrected chi connectivity index (χ2v) is 9.40. The highest BCUT2D eigenvalue weighted by molar-refractivity contribution is 6.30. The molecule has 7 heteroatoms. The summed E-state index contributed by atoms with van der Waals surface area (Å²) in [6, 6.07) is 23.3. The van der Waals surface area contributed by atoms with Crippen LogP contribution in [0.3, 0.4) is 0 Å². The number of hydrogen-bond acceptors (Lipinski definition) is 4. The van der Waals surface area contributed by atoms with Crippen LogP contribution < -0.4 is 0 Å². The molecule has 3 N–H and O–H groups in total. The number of carboxylic acids is 1. The van der Waals surface area contributed by atoms with E-state index in [1.165, 1.54) is 11.1 Å². The number of aliphatic carboxylic acids is 1. The minimum absolute atomic E-state index is 0.0508. The van der Waals surface area contributed by atoms with Crippen molar-refractivity contribution in [3.05, 3.63) is 106 Å².